The Bertz CT molecular complexity index is 656. The summed E-state index contributed by atoms with van der Waals surface area (Å²) in [6.07, 6.45) is 4.66. The van der Waals surface area contributed by atoms with E-state index in [0.29, 0.717) is 6.42 Å². The van der Waals surface area contributed by atoms with Crippen LogP contribution in [0.1, 0.15) is 31.2 Å². The maximum Gasteiger partial charge on any atom is 0.316 e. The number of benzene rings is 2. The first-order valence-corrected chi connectivity index (χ1v) is 9.62. The van der Waals surface area contributed by atoms with Gasteiger partial charge in [-0.25, -0.2) is 0 Å². The molecule has 2 aromatic carbocycles. The molecule has 1 unspecified atom stereocenters. The van der Waals surface area contributed by atoms with E-state index < -0.39 is 11.2 Å². The van der Waals surface area contributed by atoms with Gasteiger partial charge in [-0.3, -0.25) is 4.79 Å². The van der Waals surface area contributed by atoms with Crippen LogP contribution in [0, 0.1) is 0 Å². The van der Waals surface area contributed by atoms with Crippen molar-refractivity contribution in [2.24, 2.45) is 0 Å². The number of unbranched alkanes of at least 4 members (excludes halogenated alkanes) is 2. The monoisotopic (exact) mass is 378 g/mol. The molecule has 0 saturated carbocycles. The van der Waals surface area contributed by atoms with Gasteiger partial charge >= 0.3 is 5.97 Å². The van der Waals surface area contributed by atoms with Crippen molar-refractivity contribution in [2.45, 2.75) is 42.2 Å². The summed E-state index contributed by atoms with van der Waals surface area (Å²) in [6, 6.07) is 15.4. The van der Waals surface area contributed by atoms with Crippen molar-refractivity contribution < 1.29 is 14.6 Å². The second-order valence-electron chi connectivity index (χ2n) is 5.85. The fourth-order valence-corrected chi connectivity index (χ4v) is 3.67. The normalized spacial score (nSPS) is 11.9. The zero-order valence-electron chi connectivity index (χ0n) is 14.3. The largest absolute Gasteiger partial charge is 0.497 e. The molecule has 1 N–H and O–H groups in total. The van der Waals surface area contributed by atoms with Gasteiger partial charge in [0.25, 0.3) is 0 Å². The zero-order valence-corrected chi connectivity index (χ0v) is 15.9. The molecule has 0 amide bonds. The molecule has 25 heavy (non-hydrogen) atoms. The number of carboxylic acids is 1. The number of methoxy groups -OCH3 is 1. The highest BCUT2D eigenvalue weighted by Crippen LogP contribution is 2.28. The Kier molecular flexibility index (Phi) is 8.16. The number of hydrogen-bond acceptors (Lipinski definition) is 3. The van der Waals surface area contributed by atoms with E-state index >= 15 is 0 Å². The van der Waals surface area contributed by atoms with Crippen molar-refractivity contribution in [3.05, 3.63) is 59.1 Å². The minimum atomic E-state index is -0.751. The average Bonchev–Trinajstić information content (AvgIpc) is 2.62. The summed E-state index contributed by atoms with van der Waals surface area (Å²) >= 11 is 7.28. The first-order chi connectivity index (χ1) is 12.1. The first-order valence-electron chi connectivity index (χ1n) is 8.36. The Morgan fingerprint density at radius 2 is 1.76 bits per heavy atom. The number of aryl methyl sites for hydroxylation is 1. The lowest BCUT2D eigenvalue weighted by atomic mass is 10.1. The second-order valence-corrected chi connectivity index (χ2v) is 7.56. The summed E-state index contributed by atoms with van der Waals surface area (Å²) in [4.78, 5) is 12.4. The molecule has 0 aromatic heterocycles. The predicted molar refractivity (Wildman–Crippen MR) is 104 cm³/mol. The number of carbonyl (C=O) groups is 1. The quantitative estimate of drug-likeness (QED) is 0.425. The van der Waals surface area contributed by atoms with E-state index in [1.807, 2.05) is 48.5 Å². The number of ether oxygens (including phenoxy) is 1. The molecule has 1 atom stereocenters. The van der Waals surface area contributed by atoms with E-state index in [1.165, 1.54) is 17.3 Å². The Hall–Kier alpha value is -1.65. The van der Waals surface area contributed by atoms with Crippen molar-refractivity contribution >= 4 is 29.3 Å². The summed E-state index contributed by atoms with van der Waals surface area (Å²) in [5.41, 5.74) is 1.27. The third kappa shape index (κ3) is 7.00. The van der Waals surface area contributed by atoms with Gasteiger partial charge < -0.3 is 9.84 Å². The molecule has 0 aliphatic rings. The standard InChI is InChI=1S/C20H23ClO3S/c1-24-17-11-13-18(14-12-17)25-19(20(22)23)6-4-2-3-5-15-7-9-16(21)10-8-15/h7-14,19H,2-6H2,1H3,(H,22,23). The summed E-state index contributed by atoms with van der Waals surface area (Å²) in [7, 11) is 1.62. The lowest BCUT2D eigenvalue weighted by Gasteiger charge is -2.12. The van der Waals surface area contributed by atoms with Gasteiger partial charge in [0.1, 0.15) is 11.0 Å². The first kappa shape index (κ1) is 19.7. The number of halogens is 1. The lowest BCUT2D eigenvalue weighted by molar-refractivity contribution is -0.136. The highest BCUT2D eigenvalue weighted by molar-refractivity contribution is 8.00. The van der Waals surface area contributed by atoms with Crippen molar-refractivity contribution in [3.63, 3.8) is 0 Å². The molecule has 0 radical (unpaired) electrons. The zero-order chi connectivity index (χ0) is 18.1. The van der Waals surface area contributed by atoms with E-state index in [2.05, 4.69) is 0 Å². The van der Waals surface area contributed by atoms with E-state index in [0.717, 1.165) is 41.4 Å². The number of thioether (sulfide) groups is 1. The van der Waals surface area contributed by atoms with Crippen LogP contribution in [-0.2, 0) is 11.2 Å². The highest BCUT2D eigenvalue weighted by atomic mass is 35.5. The van der Waals surface area contributed by atoms with Crippen molar-refractivity contribution in [2.75, 3.05) is 7.11 Å². The Labute approximate surface area is 158 Å². The summed E-state index contributed by atoms with van der Waals surface area (Å²) in [5, 5.41) is 9.78. The van der Waals surface area contributed by atoms with E-state index in [9.17, 15) is 9.90 Å². The molecule has 2 aromatic rings. The molecule has 5 heteroatoms. The Balaban J connectivity index is 1.73. The van der Waals surface area contributed by atoms with Crippen LogP contribution in [0.2, 0.25) is 5.02 Å². The molecule has 0 aliphatic heterocycles. The minimum absolute atomic E-state index is 0.413. The van der Waals surface area contributed by atoms with Crippen LogP contribution < -0.4 is 4.74 Å². The van der Waals surface area contributed by atoms with Gasteiger partial charge in [0.05, 0.1) is 7.11 Å². The molecule has 0 heterocycles. The predicted octanol–water partition coefficient (Wildman–Crippen LogP) is 5.70. The van der Waals surface area contributed by atoms with E-state index in [4.69, 9.17) is 16.3 Å². The number of hydrogen-bond donors (Lipinski definition) is 1. The summed E-state index contributed by atoms with van der Waals surface area (Å²) in [5.74, 6) is 0.0249. The van der Waals surface area contributed by atoms with Gasteiger partial charge in [-0.2, -0.15) is 0 Å². The maximum absolute atomic E-state index is 11.5. The van der Waals surface area contributed by atoms with Crippen LogP contribution in [0.25, 0.3) is 0 Å². The molecule has 3 nitrogen and oxygen atoms in total. The SMILES string of the molecule is COc1ccc(SC(CCCCCc2ccc(Cl)cc2)C(=O)O)cc1. The van der Waals surface area contributed by atoms with Gasteiger partial charge in [-0.15, -0.1) is 11.8 Å². The van der Waals surface area contributed by atoms with Crippen LogP contribution in [0.4, 0.5) is 0 Å². The van der Waals surface area contributed by atoms with Crippen molar-refractivity contribution in [3.8, 4) is 5.75 Å². The lowest BCUT2D eigenvalue weighted by Crippen LogP contribution is -2.16. The highest BCUT2D eigenvalue weighted by Gasteiger charge is 2.18. The summed E-state index contributed by atoms with van der Waals surface area (Å²) in [6.45, 7) is 0. The fraction of sp³-hybridized carbons (Fsp3) is 0.350. The van der Waals surface area contributed by atoms with Gasteiger partial charge in [0, 0.05) is 9.92 Å². The van der Waals surface area contributed by atoms with Crippen LogP contribution in [0.15, 0.2) is 53.4 Å². The van der Waals surface area contributed by atoms with Gasteiger partial charge in [-0.05, 0) is 61.2 Å². The maximum atomic E-state index is 11.5. The molecule has 0 saturated heterocycles. The van der Waals surface area contributed by atoms with Crippen molar-refractivity contribution in [1.82, 2.24) is 0 Å². The molecular formula is C20H23ClO3S. The van der Waals surface area contributed by atoms with Crippen LogP contribution in [0.3, 0.4) is 0 Å². The number of aliphatic carboxylic acids is 1. The van der Waals surface area contributed by atoms with Crippen LogP contribution in [0.5, 0.6) is 5.75 Å². The number of carboxylic acid groups (broad SMARTS) is 1. The molecule has 0 bridgehead atoms. The minimum Gasteiger partial charge on any atom is -0.497 e. The molecular weight excluding hydrogens is 356 g/mol. The number of rotatable bonds is 10. The van der Waals surface area contributed by atoms with Crippen LogP contribution >= 0.6 is 23.4 Å². The van der Waals surface area contributed by atoms with Crippen LogP contribution in [-0.4, -0.2) is 23.4 Å². The van der Waals surface area contributed by atoms with E-state index in [-0.39, 0.29) is 0 Å². The topological polar surface area (TPSA) is 46.5 Å². The molecule has 0 spiro atoms. The summed E-state index contributed by atoms with van der Waals surface area (Å²) < 4.78 is 5.12. The average molecular weight is 379 g/mol. The molecule has 134 valence electrons. The van der Waals surface area contributed by atoms with Crippen molar-refractivity contribution in [1.29, 1.82) is 0 Å². The fourth-order valence-electron chi connectivity index (χ4n) is 2.54. The van der Waals surface area contributed by atoms with E-state index in [1.54, 1.807) is 7.11 Å². The smallest absolute Gasteiger partial charge is 0.316 e. The molecule has 2 rings (SSSR count). The van der Waals surface area contributed by atoms with Gasteiger partial charge in [-0.1, -0.05) is 36.6 Å². The van der Waals surface area contributed by atoms with Gasteiger partial charge in [0.2, 0.25) is 0 Å². The third-order valence-electron chi connectivity index (χ3n) is 3.96. The Morgan fingerprint density at radius 3 is 2.36 bits per heavy atom. The Morgan fingerprint density at radius 1 is 1.08 bits per heavy atom. The van der Waals surface area contributed by atoms with Gasteiger partial charge in [0.15, 0.2) is 0 Å². The molecule has 0 fully saturated rings. The third-order valence-corrected chi connectivity index (χ3v) is 5.48. The molecule has 0 aliphatic carbocycles. The second kappa shape index (κ2) is 10.4.